The lowest BCUT2D eigenvalue weighted by molar-refractivity contribution is 0.474. The summed E-state index contributed by atoms with van der Waals surface area (Å²) in [6.07, 6.45) is 3.59. The summed E-state index contributed by atoms with van der Waals surface area (Å²) in [4.78, 5) is 0. The Labute approximate surface area is 82.3 Å². The lowest BCUT2D eigenvalue weighted by Crippen LogP contribution is -2.04. The Kier molecular flexibility index (Phi) is 2.37. The van der Waals surface area contributed by atoms with Crippen molar-refractivity contribution in [3.8, 4) is 0 Å². The van der Waals surface area contributed by atoms with Crippen molar-refractivity contribution in [1.29, 1.82) is 0 Å². The van der Waals surface area contributed by atoms with Crippen LogP contribution in [-0.2, 0) is 13.1 Å². The molecule has 2 aromatic rings. The maximum absolute atomic E-state index is 5.56. The van der Waals surface area contributed by atoms with Crippen molar-refractivity contribution in [2.45, 2.75) is 20.0 Å². The Morgan fingerprint density at radius 1 is 1.50 bits per heavy atom. The topological polar surface area (TPSA) is 57.0 Å². The molecule has 0 fully saturated rings. The van der Waals surface area contributed by atoms with Gasteiger partial charge in [0.05, 0.1) is 18.5 Å². The highest BCUT2D eigenvalue weighted by molar-refractivity contribution is 5.16. The molecule has 0 amide bonds. The molecule has 0 aromatic carbocycles. The summed E-state index contributed by atoms with van der Waals surface area (Å²) in [5.41, 5.74) is 7.61. The molecule has 14 heavy (non-hydrogen) atoms. The first-order valence-corrected chi connectivity index (χ1v) is 4.55. The molecule has 74 valence electrons. The number of furan rings is 1. The molecule has 0 saturated carbocycles. The first-order chi connectivity index (χ1) is 6.79. The Balaban J connectivity index is 2.18. The van der Waals surface area contributed by atoms with E-state index in [-0.39, 0.29) is 0 Å². The third kappa shape index (κ3) is 1.70. The summed E-state index contributed by atoms with van der Waals surface area (Å²) in [6, 6.07) is 3.86. The lowest BCUT2D eigenvalue weighted by atomic mass is 10.2. The predicted octanol–water partition coefficient (Wildman–Crippen LogP) is 1.29. The Hall–Kier alpha value is -1.55. The second-order valence-electron chi connectivity index (χ2n) is 3.23. The van der Waals surface area contributed by atoms with Gasteiger partial charge in [-0.25, -0.2) is 0 Å². The summed E-state index contributed by atoms with van der Waals surface area (Å²) >= 11 is 0. The van der Waals surface area contributed by atoms with Crippen LogP contribution in [0.5, 0.6) is 0 Å². The Bertz CT molecular complexity index is 416. The Morgan fingerprint density at radius 2 is 2.36 bits per heavy atom. The number of nitrogens with zero attached hydrogens (tertiary/aromatic N) is 2. The molecule has 0 aliphatic rings. The average molecular weight is 191 g/mol. The van der Waals surface area contributed by atoms with Crippen LogP contribution in [0.15, 0.2) is 29.0 Å². The molecule has 0 spiro atoms. The molecule has 2 N–H and O–H groups in total. The van der Waals surface area contributed by atoms with Crippen LogP contribution in [0.3, 0.4) is 0 Å². The molecule has 0 unspecified atom stereocenters. The quantitative estimate of drug-likeness (QED) is 0.795. The highest BCUT2D eigenvalue weighted by Gasteiger charge is 2.05. The van der Waals surface area contributed by atoms with Crippen LogP contribution in [0.4, 0.5) is 0 Å². The molecule has 4 heteroatoms. The molecule has 4 nitrogen and oxygen atoms in total. The van der Waals surface area contributed by atoms with Crippen LogP contribution in [0, 0.1) is 6.92 Å². The minimum absolute atomic E-state index is 0.506. The van der Waals surface area contributed by atoms with Crippen molar-refractivity contribution in [2.24, 2.45) is 5.73 Å². The van der Waals surface area contributed by atoms with Crippen molar-refractivity contribution in [3.63, 3.8) is 0 Å². The number of aryl methyl sites for hydroxylation is 1. The smallest absolute Gasteiger partial charge is 0.129 e. The number of hydrogen-bond donors (Lipinski definition) is 1. The fraction of sp³-hybridized carbons (Fsp3) is 0.300. The molecule has 0 bridgehead atoms. The van der Waals surface area contributed by atoms with Crippen molar-refractivity contribution in [1.82, 2.24) is 9.78 Å². The summed E-state index contributed by atoms with van der Waals surface area (Å²) in [6.45, 7) is 3.11. The van der Waals surface area contributed by atoms with Gasteiger partial charge in [-0.1, -0.05) is 0 Å². The molecule has 0 saturated heterocycles. The van der Waals surface area contributed by atoms with Gasteiger partial charge in [-0.3, -0.25) is 4.68 Å². The van der Waals surface area contributed by atoms with E-state index < -0.39 is 0 Å². The van der Waals surface area contributed by atoms with E-state index in [1.807, 2.05) is 29.9 Å². The van der Waals surface area contributed by atoms with Crippen LogP contribution in [0.25, 0.3) is 0 Å². The van der Waals surface area contributed by atoms with Gasteiger partial charge in [0.25, 0.3) is 0 Å². The highest BCUT2D eigenvalue weighted by atomic mass is 16.3. The molecule has 0 atom stereocenters. The van der Waals surface area contributed by atoms with E-state index in [0.717, 1.165) is 17.0 Å². The van der Waals surface area contributed by atoms with E-state index >= 15 is 0 Å². The van der Waals surface area contributed by atoms with Gasteiger partial charge >= 0.3 is 0 Å². The molecule has 0 aliphatic heterocycles. The zero-order valence-electron chi connectivity index (χ0n) is 8.10. The van der Waals surface area contributed by atoms with E-state index in [9.17, 15) is 0 Å². The summed E-state index contributed by atoms with van der Waals surface area (Å²) in [7, 11) is 0. The minimum Gasteiger partial charge on any atom is -0.467 e. The average Bonchev–Trinajstić information content (AvgIpc) is 2.76. The van der Waals surface area contributed by atoms with Crippen LogP contribution in [0.1, 0.15) is 17.0 Å². The largest absolute Gasteiger partial charge is 0.467 e. The molecule has 2 aromatic heterocycles. The Morgan fingerprint density at radius 3 is 3.00 bits per heavy atom. The minimum atomic E-state index is 0.506. The lowest BCUT2D eigenvalue weighted by Gasteiger charge is -2.00. The van der Waals surface area contributed by atoms with Gasteiger partial charge in [0, 0.05) is 18.3 Å². The number of hydrogen-bond acceptors (Lipinski definition) is 3. The van der Waals surface area contributed by atoms with E-state index in [1.165, 1.54) is 0 Å². The number of aromatic nitrogens is 2. The van der Waals surface area contributed by atoms with Crippen LogP contribution in [0.2, 0.25) is 0 Å². The fourth-order valence-corrected chi connectivity index (χ4v) is 1.39. The number of nitrogens with two attached hydrogens (primary N) is 1. The summed E-state index contributed by atoms with van der Waals surface area (Å²) in [5, 5.41) is 4.28. The molecule has 2 heterocycles. The highest BCUT2D eigenvalue weighted by Crippen LogP contribution is 2.11. The molecular formula is C10H13N3O. The van der Waals surface area contributed by atoms with Gasteiger partial charge in [0.2, 0.25) is 0 Å². The summed E-state index contributed by atoms with van der Waals surface area (Å²) in [5.74, 6) is 0.885. The second kappa shape index (κ2) is 3.67. The standard InChI is InChI=1S/C10H13N3O/c1-8-2-4-13(12-8)7-10-9(6-11)3-5-14-10/h2-5H,6-7,11H2,1H3. The van der Waals surface area contributed by atoms with Gasteiger partial charge in [-0.05, 0) is 19.1 Å². The van der Waals surface area contributed by atoms with Crippen molar-refractivity contribution < 1.29 is 4.42 Å². The third-order valence-corrected chi connectivity index (χ3v) is 2.14. The second-order valence-corrected chi connectivity index (χ2v) is 3.23. The SMILES string of the molecule is Cc1ccn(Cc2occc2CN)n1. The fourth-order valence-electron chi connectivity index (χ4n) is 1.39. The maximum Gasteiger partial charge on any atom is 0.129 e. The molecule has 0 radical (unpaired) electrons. The molecule has 0 aliphatic carbocycles. The zero-order valence-corrected chi connectivity index (χ0v) is 8.10. The van der Waals surface area contributed by atoms with E-state index in [0.29, 0.717) is 13.1 Å². The van der Waals surface area contributed by atoms with Crippen LogP contribution < -0.4 is 5.73 Å². The van der Waals surface area contributed by atoms with Crippen molar-refractivity contribution in [2.75, 3.05) is 0 Å². The van der Waals surface area contributed by atoms with Gasteiger partial charge in [0.15, 0.2) is 0 Å². The normalized spacial score (nSPS) is 10.7. The van der Waals surface area contributed by atoms with E-state index in [4.69, 9.17) is 10.2 Å². The van der Waals surface area contributed by atoms with E-state index in [2.05, 4.69) is 5.10 Å². The zero-order chi connectivity index (χ0) is 9.97. The summed E-state index contributed by atoms with van der Waals surface area (Å²) < 4.78 is 7.17. The van der Waals surface area contributed by atoms with Gasteiger partial charge in [0.1, 0.15) is 5.76 Å². The predicted molar refractivity (Wildman–Crippen MR) is 52.7 cm³/mol. The molecular weight excluding hydrogens is 178 g/mol. The third-order valence-electron chi connectivity index (χ3n) is 2.14. The monoisotopic (exact) mass is 191 g/mol. The van der Waals surface area contributed by atoms with Gasteiger partial charge in [-0.2, -0.15) is 5.10 Å². The van der Waals surface area contributed by atoms with E-state index in [1.54, 1.807) is 6.26 Å². The number of rotatable bonds is 3. The van der Waals surface area contributed by atoms with Crippen molar-refractivity contribution >= 4 is 0 Å². The van der Waals surface area contributed by atoms with Gasteiger partial charge in [-0.15, -0.1) is 0 Å². The first-order valence-electron chi connectivity index (χ1n) is 4.55. The van der Waals surface area contributed by atoms with Crippen LogP contribution in [-0.4, -0.2) is 9.78 Å². The first kappa shape index (κ1) is 9.02. The van der Waals surface area contributed by atoms with Crippen molar-refractivity contribution in [3.05, 3.63) is 41.6 Å². The maximum atomic E-state index is 5.56. The van der Waals surface area contributed by atoms with Crippen LogP contribution >= 0.6 is 0 Å². The molecule has 2 rings (SSSR count). The van der Waals surface area contributed by atoms with Gasteiger partial charge < -0.3 is 10.2 Å².